The number of aliphatic hydroxyl groups is 1. The number of aliphatic hydroxyl groups excluding tert-OH is 1. The average molecular weight is 358 g/mol. The first-order valence-corrected chi connectivity index (χ1v) is 8.92. The zero-order valence-corrected chi connectivity index (χ0v) is 14.6. The van der Waals surface area contributed by atoms with E-state index in [1.807, 2.05) is 18.3 Å². The molecule has 2 aliphatic heterocycles. The molecular formula is C19H20ClN3O2. The molecule has 0 bridgehead atoms. The fourth-order valence-electron chi connectivity index (χ4n) is 3.63. The fourth-order valence-corrected chi connectivity index (χ4v) is 3.82. The summed E-state index contributed by atoms with van der Waals surface area (Å²) in [5.41, 5.74) is 3.59. The van der Waals surface area contributed by atoms with Crippen molar-refractivity contribution in [3.8, 4) is 0 Å². The Morgan fingerprint density at radius 1 is 1.24 bits per heavy atom. The van der Waals surface area contributed by atoms with Crippen molar-refractivity contribution in [1.29, 1.82) is 0 Å². The van der Waals surface area contributed by atoms with E-state index in [-0.39, 0.29) is 12.0 Å². The highest BCUT2D eigenvalue weighted by atomic mass is 35.5. The lowest BCUT2D eigenvalue weighted by Crippen LogP contribution is -2.37. The lowest BCUT2D eigenvalue weighted by atomic mass is 9.98. The predicted molar refractivity (Wildman–Crippen MR) is 97.0 cm³/mol. The second-order valence-electron chi connectivity index (χ2n) is 6.74. The first kappa shape index (κ1) is 16.5. The Labute approximate surface area is 151 Å². The lowest BCUT2D eigenvalue weighted by Gasteiger charge is -2.29. The number of likely N-dealkylation sites (tertiary alicyclic amines) is 1. The van der Waals surface area contributed by atoms with Crippen molar-refractivity contribution in [2.75, 3.05) is 24.5 Å². The SMILES string of the molecule is O=C1c2ccc(Cl)cc2CCN1c1cncc(CN2CCC(O)C2)c1. The normalized spacial score (nSPS) is 20.8. The van der Waals surface area contributed by atoms with Crippen LogP contribution in [0.25, 0.3) is 0 Å². The largest absolute Gasteiger partial charge is 0.392 e. The van der Waals surface area contributed by atoms with E-state index in [0.717, 1.165) is 42.7 Å². The smallest absolute Gasteiger partial charge is 0.258 e. The first-order chi connectivity index (χ1) is 12.1. The monoisotopic (exact) mass is 357 g/mol. The Kier molecular flexibility index (Phi) is 4.46. The topological polar surface area (TPSA) is 56.7 Å². The molecular weight excluding hydrogens is 338 g/mol. The number of pyridine rings is 1. The van der Waals surface area contributed by atoms with Gasteiger partial charge in [-0.1, -0.05) is 11.6 Å². The molecule has 1 atom stereocenters. The second kappa shape index (κ2) is 6.75. The van der Waals surface area contributed by atoms with Crippen molar-refractivity contribution in [1.82, 2.24) is 9.88 Å². The minimum Gasteiger partial charge on any atom is -0.392 e. The molecule has 1 aromatic heterocycles. The molecule has 1 saturated heterocycles. The Hall–Kier alpha value is -1.95. The Morgan fingerprint density at radius 2 is 2.12 bits per heavy atom. The second-order valence-corrected chi connectivity index (χ2v) is 7.17. The number of aromatic nitrogens is 1. The van der Waals surface area contributed by atoms with Gasteiger partial charge in [0.05, 0.1) is 18.0 Å². The van der Waals surface area contributed by atoms with E-state index in [1.54, 1.807) is 23.2 Å². The average Bonchev–Trinajstić information content (AvgIpc) is 3.00. The van der Waals surface area contributed by atoms with Gasteiger partial charge in [0.15, 0.2) is 0 Å². The summed E-state index contributed by atoms with van der Waals surface area (Å²) in [6, 6.07) is 7.46. The number of carbonyl (C=O) groups is 1. The highest BCUT2D eigenvalue weighted by Crippen LogP contribution is 2.27. The Bertz CT molecular complexity index is 811. The van der Waals surface area contributed by atoms with E-state index in [0.29, 0.717) is 23.7 Å². The third-order valence-corrected chi connectivity index (χ3v) is 5.13. The van der Waals surface area contributed by atoms with Gasteiger partial charge >= 0.3 is 0 Å². The van der Waals surface area contributed by atoms with Crippen molar-refractivity contribution >= 4 is 23.2 Å². The van der Waals surface area contributed by atoms with Gasteiger partial charge in [-0.25, -0.2) is 0 Å². The molecule has 1 amide bonds. The zero-order chi connectivity index (χ0) is 17.4. The molecule has 1 unspecified atom stereocenters. The standard InChI is InChI=1S/C19H20ClN3O2/c20-15-1-2-18-14(8-15)3-6-23(19(18)25)16-7-13(9-21-10-16)11-22-5-4-17(24)12-22/h1-2,7-10,17,24H,3-6,11-12H2. The van der Waals surface area contributed by atoms with Crippen LogP contribution in [0.15, 0.2) is 36.7 Å². The maximum atomic E-state index is 12.8. The number of amides is 1. The van der Waals surface area contributed by atoms with Crippen molar-refractivity contribution in [3.05, 3.63) is 58.4 Å². The molecule has 0 aliphatic carbocycles. The molecule has 4 rings (SSSR count). The Balaban J connectivity index is 1.55. The summed E-state index contributed by atoms with van der Waals surface area (Å²) in [5.74, 6) is -0.00605. The highest BCUT2D eigenvalue weighted by Gasteiger charge is 2.26. The van der Waals surface area contributed by atoms with Gasteiger partial charge in [-0.05, 0) is 48.2 Å². The van der Waals surface area contributed by atoms with Crippen molar-refractivity contribution in [2.45, 2.75) is 25.5 Å². The first-order valence-electron chi connectivity index (χ1n) is 8.55. The molecule has 130 valence electrons. The third-order valence-electron chi connectivity index (χ3n) is 4.89. The molecule has 2 aliphatic rings. The van der Waals surface area contributed by atoms with Crippen molar-refractivity contribution in [2.24, 2.45) is 0 Å². The summed E-state index contributed by atoms with van der Waals surface area (Å²) in [5, 5.41) is 10.3. The van der Waals surface area contributed by atoms with Crippen LogP contribution in [0.3, 0.4) is 0 Å². The predicted octanol–water partition coefficient (Wildman–Crippen LogP) is 2.50. The molecule has 1 N–H and O–H groups in total. The van der Waals surface area contributed by atoms with Crippen LogP contribution in [0.4, 0.5) is 5.69 Å². The van der Waals surface area contributed by atoms with Crippen LogP contribution in [0, 0.1) is 0 Å². The van der Waals surface area contributed by atoms with Gasteiger partial charge in [0.1, 0.15) is 0 Å². The molecule has 2 aromatic rings. The summed E-state index contributed by atoms with van der Waals surface area (Å²) in [7, 11) is 0. The number of nitrogens with zero attached hydrogens (tertiary/aromatic N) is 3. The van der Waals surface area contributed by atoms with E-state index in [4.69, 9.17) is 11.6 Å². The van der Waals surface area contributed by atoms with E-state index < -0.39 is 0 Å². The number of hydrogen-bond acceptors (Lipinski definition) is 4. The minimum atomic E-state index is -0.233. The molecule has 1 fully saturated rings. The highest BCUT2D eigenvalue weighted by molar-refractivity contribution is 6.30. The van der Waals surface area contributed by atoms with Crippen LogP contribution in [0.1, 0.15) is 27.9 Å². The summed E-state index contributed by atoms with van der Waals surface area (Å²) >= 11 is 6.03. The van der Waals surface area contributed by atoms with Crippen LogP contribution >= 0.6 is 11.6 Å². The van der Waals surface area contributed by atoms with E-state index in [9.17, 15) is 9.90 Å². The molecule has 3 heterocycles. The van der Waals surface area contributed by atoms with Gasteiger partial charge in [-0.2, -0.15) is 0 Å². The summed E-state index contributed by atoms with van der Waals surface area (Å²) in [6.45, 7) is 2.95. The lowest BCUT2D eigenvalue weighted by molar-refractivity contribution is 0.0980. The van der Waals surface area contributed by atoms with Crippen LogP contribution in [0.5, 0.6) is 0 Å². The molecule has 0 spiro atoms. The maximum Gasteiger partial charge on any atom is 0.258 e. The Morgan fingerprint density at radius 3 is 2.92 bits per heavy atom. The van der Waals surface area contributed by atoms with Crippen LogP contribution in [-0.2, 0) is 13.0 Å². The number of fused-ring (bicyclic) bond motifs is 1. The van der Waals surface area contributed by atoms with Gasteiger partial charge < -0.3 is 10.0 Å². The van der Waals surface area contributed by atoms with Crippen molar-refractivity contribution < 1.29 is 9.90 Å². The van der Waals surface area contributed by atoms with Crippen molar-refractivity contribution in [3.63, 3.8) is 0 Å². The van der Waals surface area contributed by atoms with Crippen LogP contribution in [-0.4, -0.2) is 46.6 Å². The van der Waals surface area contributed by atoms with Crippen LogP contribution in [0.2, 0.25) is 5.02 Å². The fraction of sp³-hybridized carbons (Fsp3) is 0.368. The van der Waals surface area contributed by atoms with Crippen LogP contribution < -0.4 is 4.90 Å². The number of benzene rings is 1. The zero-order valence-electron chi connectivity index (χ0n) is 13.9. The van der Waals surface area contributed by atoms with Gasteiger partial charge in [-0.3, -0.25) is 14.7 Å². The van der Waals surface area contributed by atoms with E-state index in [1.165, 1.54) is 0 Å². The van der Waals surface area contributed by atoms with Gasteiger partial charge in [0, 0.05) is 43.0 Å². The maximum absolute atomic E-state index is 12.8. The third kappa shape index (κ3) is 3.40. The molecule has 0 saturated carbocycles. The molecule has 5 nitrogen and oxygen atoms in total. The number of rotatable bonds is 3. The molecule has 6 heteroatoms. The van der Waals surface area contributed by atoms with Gasteiger partial charge in [0.25, 0.3) is 5.91 Å². The minimum absolute atomic E-state index is 0.00605. The summed E-state index contributed by atoms with van der Waals surface area (Å²) in [6.07, 6.45) is 4.93. The quantitative estimate of drug-likeness (QED) is 0.917. The van der Waals surface area contributed by atoms with E-state index in [2.05, 4.69) is 9.88 Å². The summed E-state index contributed by atoms with van der Waals surface area (Å²) in [4.78, 5) is 21.2. The van der Waals surface area contributed by atoms with E-state index >= 15 is 0 Å². The number of β-amino-alcohol motifs (C(OH)–C–C–N with tert-alkyl or cyclic N) is 1. The summed E-state index contributed by atoms with van der Waals surface area (Å²) < 4.78 is 0. The number of anilines is 1. The molecule has 1 aromatic carbocycles. The van der Waals surface area contributed by atoms with Gasteiger partial charge in [-0.15, -0.1) is 0 Å². The van der Waals surface area contributed by atoms with Gasteiger partial charge in [0.2, 0.25) is 0 Å². The molecule has 25 heavy (non-hydrogen) atoms. The number of halogens is 1. The number of hydrogen-bond donors (Lipinski definition) is 1. The molecule has 0 radical (unpaired) electrons. The number of carbonyl (C=O) groups excluding carboxylic acids is 1.